The molecule has 88 valence electrons. The third-order valence-corrected chi connectivity index (χ3v) is 6.14. The topological polar surface area (TPSA) is 26.3 Å². The molecule has 0 unspecified atom stereocenters. The van der Waals surface area contributed by atoms with Crippen molar-refractivity contribution in [1.82, 2.24) is 0 Å². The summed E-state index contributed by atoms with van der Waals surface area (Å²) in [6.45, 7) is 2.32. The fourth-order valence-electron chi connectivity index (χ4n) is 0.961. The number of hydrogen-bond acceptors (Lipinski definition) is 2. The molecule has 0 aromatic heterocycles. The minimum absolute atomic E-state index is 0.248. The Labute approximate surface area is 116 Å². The molecule has 0 saturated carbocycles. The van der Waals surface area contributed by atoms with E-state index in [1.165, 1.54) is 6.08 Å². The van der Waals surface area contributed by atoms with Gasteiger partial charge in [-0.1, -0.05) is 64.8 Å². The lowest BCUT2D eigenvalue weighted by Crippen LogP contribution is -2.06. The van der Waals surface area contributed by atoms with E-state index in [-0.39, 0.29) is 5.97 Å². The van der Waals surface area contributed by atoms with E-state index in [0.717, 1.165) is 25.3 Å². The number of rotatable bonds is 7. The second-order valence-corrected chi connectivity index (χ2v) is 26.6. The van der Waals surface area contributed by atoms with Crippen LogP contribution in [-0.2, 0) is 9.53 Å². The molecule has 0 atom stereocenters. The van der Waals surface area contributed by atoms with Crippen molar-refractivity contribution < 1.29 is 9.53 Å². The van der Waals surface area contributed by atoms with Crippen molar-refractivity contribution in [1.29, 1.82) is 0 Å². The molecular formula is C9H15Br3O2Si. The number of esters is 1. The maximum Gasteiger partial charge on any atom is 0.330 e. The zero-order chi connectivity index (χ0) is 11.7. The Kier molecular flexibility index (Phi) is 9.47. The highest BCUT2D eigenvalue weighted by molar-refractivity contribution is 9.72. The molecule has 0 bridgehead atoms. The van der Waals surface area contributed by atoms with Gasteiger partial charge in [-0.2, -0.15) is 0 Å². The number of halogens is 3. The highest BCUT2D eigenvalue weighted by Gasteiger charge is 2.20. The molecule has 0 rings (SSSR count). The molecule has 0 aliphatic rings. The van der Waals surface area contributed by atoms with Crippen LogP contribution in [0.1, 0.15) is 26.2 Å². The first-order valence-corrected chi connectivity index (χ1v) is 13.8. The Morgan fingerprint density at radius 2 is 1.93 bits per heavy atom. The standard InChI is InChI=1S/C9H15Br3O2Si/c1-2-6-9(13)14-7-4-3-5-8-15(10,11)12/h2,6H,3-5,7-8H2,1H3. The van der Waals surface area contributed by atoms with E-state index < -0.39 is 3.93 Å². The first-order valence-electron chi connectivity index (χ1n) is 4.82. The van der Waals surface area contributed by atoms with Crippen molar-refractivity contribution in [3.63, 3.8) is 0 Å². The Balaban J connectivity index is 3.29. The van der Waals surface area contributed by atoms with Gasteiger partial charge in [0.15, 0.2) is 0 Å². The summed E-state index contributed by atoms with van der Waals surface area (Å²) in [6.07, 6.45) is 6.27. The van der Waals surface area contributed by atoms with Gasteiger partial charge in [-0.25, -0.2) is 4.79 Å². The molecule has 6 heteroatoms. The predicted octanol–water partition coefficient (Wildman–Crippen LogP) is 4.40. The quantitative estimate of drug-likeness (QED) is 0.200. The molecule has 0 aromatic rings. The van der Waals surface area contributed by atoms with Gasteiger partial charge in [0.2, 0.25) is 0 Å². The maximum absolute atomic E-state index is 10.9. The van der Waals surface area contributed by atoms with E-state index >= 15 is 0 Å². The van der Waals surface area contributed by atoms with Crippen molar-refractivity contribution in [3.8, 4) is 0 Å². The van der Waals surface area contributed by atoms with Gasteiger partial charge < -0.3 is 4.74 Å². The lowest BCUT2D eigenvalue weighted by atomic mass is 10.3. The zero-order valence-corrected chi connectivity index (χ0v) is 14.4. The third kappa shape index (κ3) is 12.8. The molecule has 0 aliphatic carbocycles. The largest absolute Gasteiger partial charge is 0.463 e. The number of carbonyl (C=O) groups excluding carboxylic acids is 1. The SMILES string of the molecule is CC=CC(=O)OCCCCC[Si](Br)(Br)Br. The molecule has 0 aromatic carbocycles. The molecular weight excluding hydrogens is 408 g/mol. The summed E-state index contributed by atoms with van der Waals surface area (Å²) in [5, 5.41) is 0. The molecule has 0 amide bonds. The van der Waals surface area contributed by atoms with E-state index in [2.05, 4.69) is 45.9 Å². The molecule has 0 aliphatic heterocycles. The molecule has 0 saturated heterocycles. The summed E-state index contributed by atoms with van der Waals surface area (Å²) < 4.78 is 3.53. The van der Waals surface area contributed by atoms with Gasteiger partial charge in [-0.05, 0) is 19.4 Å². The highest BCUT2D eigenvalue weighted by Crippen LogP contribution is 2.33. The number of allylic oxidation sites excluding steroid dienone is 1. The Morgan fingerprint density at radius 3 is 2.47 bits per heavy atom. The summed E-state index contributed by atoms with van der Waals surface area (Å²) in [5.74, 6) is -0.248. The third-order valence-electron chi connectivity index (χ3n) is 1.65. The summed E-state index contributed by atoms with van der Waals surface area (Å²) in [6, 6.07) is 1.12. The lowest BCUT2D eigenvalue weighted by Gasteiger charge is -2.08. The second-order valence-electron chi connectivity index (χ2n) is 3.09. The average molecular weight is 423 g/mol. The number of unbranched alkanes of at least 4 members (excludes halogenated alkanes) is 2. The van der Waals surface area contributed by atoms with Crippen LogP contribution in [0.2, 0.25) is 6.04 Å². The molecule has 15 heavy (non-hydrogen) atoms. The van der Waals surface area contributed by atoms with Crippen LogP contribution in [0.5, 0.6) is 0 Å². The minimum Gasteiger partial charge on any atom is -0.463 e. The molecule has 0 fully saturated rings. The van der Waals surface area contributed by atoms with E-state index in [1.54, 1.807) is 13.0 Å². The first-order chi connectivity index (χ1) is 6.95. The van der Waals surface area contributed by atoms with Gasteiger partial charge >= 0.3 is 5.97 Å². The number of ether oxygens (including phenoxy) is 1. The summed E-state index contributed by atoms with van der Waals surface area (Å²) in [7, 11) is 0. The van der Waals surface area contributed by atoms with Gasteiger partial charge in [0.1, 0.15) is 0 Å². The van der Waals surface area contributed by atoms with Crippen LogP contribution in [0, 0.1) is 0 Å². The van der Waals surface area contributed by atoms with E-state index in [1.807, 2.05) is 0 Å². The lowest BCUT2D eigenvalue weighted by molar-refractivity contribution is -0.137. The van der Waals surface area contributed by atoms with Crippen LogP contribution >= 0.6 is 45.9 Å². The van der Waals surface area contributed by atoms with Crippen molar-refractivity contribution in [3.05, 3.63) is 12.2 Å². The molecule has 0 spiro atoms. The monoisotopic (exact) mass is 420 g/mol. The second kappa shape index (κ2) is 8.96. The molecule has 0 N–H and O–H groups in total. The van der Waals surface area contributed by atoms with Gasteiger partial charge in [-0.15, -0.1) is 0 Å². The highest BCUT2D eigenvalue weighted by atomic mass is 80.0. The van der Waals surface area contributed by atoms with Crippen LogP contribution in [0.25, 0.3) is 0 Å². The fourth-order valence-corrected chi connectivity index (χ4v) is 4.14. The van der Waals surface area contributed by atoms with Gasteiger partial charge in [-0.3, -0.25) is 0 Å². The van der Waals surface area contributed by atoms with Crippen molar-refractivity contribution in [2.75, 3.05) is 6.61 Å². The van der Waals surface area contributed by atoms with Crippen molar-refractivity contribution in [2.24, 2.45) is 0 Å². The Hall–Kier alpha value is 0.867. The summed E-state index contributed by atoms with van der Waals surface area (Å²) >= 11 is 10.7. The van der Waals surface area contributed by atoms with Crippen LogP contribution in [-0.4, -0.2) is 16.5 Å². The average Bonchev–Trinajstić information content (AvgIpc) is 2.09. The smallest absolute Gasteiger partial charge is 0.330 e. The maximum atomic E-state index is 10.9. The molecule has 0 heterocycles. The van der Waals surface area contributed by atoms with Crippen LogP contribution < -0.4 is 0 Å². The van der Waals surface area contributed by atoms with Crippen LogP contribution in [0.3, 0.4) is 0 Å². The Bertz CT molecular complexity index is 214. The van der Waals surface area contributed by atoms with E-state index in [0.29, 0.717) is 6.61 Å². The van der Waals surface area contributed by atoms with E-state index in [9.17, 15) is 4.79 Å². The Morgan fingerprint density at radius 1 is 1.27 bits per heavy atom. The van der Waals surface area contributed by atoms with Crippen molar-refractivity contribution >= 4 is 55.8 Å². The van der Waals surface area contributed by atoms with Crippen molar-refractivity contribution in [2.45, 2.75) is 32.2 Å². The molecule has 0 radical (unpaired) electrons. The predicted molar refractivity (Wildman–Crippen MR) is 77.0 cm³/mol. The van der Waals surface area contributed by atoms with E-state index in [4.69, 9.17) is 4.74 Å². The number of hydrogen-bond donors (Lipinski definition) is 0. The van der Waals surface area contributed by atoms with Gasteiger partial charge in [0.05, 0.1) is 6.61 Å². The minimum atomic E-state index is -1.43. The van der Waals surface area contributed by atoms with Gasteiger partial charge in [0, 0.05) is 6.08 Å². The number of carbonyl (C=O) groups is 1. The van der Waals surface area contributed by atoms with Crippen LogP contribution in [0.15, 0.2) is 12.2 Å². The van der Waals surface area contributed by atoms with Gasteiger partial charge in [0.25, 0.3) is 3.93 Å². The van der Waals surface area contributed by atoms with Crippen LogP contribution in [0.4, 0.5) is 0 Å². The molecule has 2 nitrogen and oxygen atoms in total. The fraction of sp³-hybridized carbons (Fsp3) is 0.667. The summed E-state index contributed by atoms with van der Waals surface area (Å²) in [4.78, 5) is 10.9. The summed E-state index contributed by atoms with van der Waals surface area (Å²) in [5.41, 5.74) is 0. The normalized spacial score (nSPS) is 12.0. The zero-order valence-electron chi connectivity index (χ0n) is 8.64. The first kappa shape index (κ1) is 15.9.